The van der Waals surface area contributed by atoms with Crippen LogP contribution in [0.2, 0.25) is 0 Å². The highest BCUT2D eigenvalue weighted by molar-refractivity contribution is 5.97. The number of aromatic nitrogens is 3. The van der Waals surface area contributed by atoms with Gasteiger partial charge in [0.05, 0.1) is 39.1 Å². The summed E-state index contributed by atoms with van der Waals surface area (Å²) >= 11 is 0. The molecule has 0 radical (unpaired) electrons. The molecule has 1 aliphatic rings. The van der Waals surface area contributed by atoms with Gasteiger partial charge in [0.15, 0.2) is 0 Å². The molecule has 3 N–H and O–H groups in total. The molecule has 1 aromatic heterocycles. The van der Waals surface area contributed by atoms with Crippen molar-refractivity contribution < 1.29 is 29.0 Å². The molecule has 1 saturated heterocycles. The van der Waals surface area contributed by atoms with Crippen LogP contribution < -0.4 is 10.6 Å². The number of nitrogens with one attached hydrogen (secondary N) is 2. The van der Waals surface area contributed by atoms with Crippen molar-refractivity contribution in [3.8, 4) is 11.1 Å². The number of ether oxygens (including phenoxy) is 2. The lowest BCUT2D eigenvalue weighted by Crippen LogP contribution is -2.47. The second-order valence-corrected chi connectivity index (χ2v) is 12.4. The lowest BCUT2D eigenvalue weighted by Gasteiger charge is -2.37. The average molecular weight is 689 g/mol. The molecule has 0 saturated carbocycles. The van der Waals surface area contributed by atoms with Crippen LogP contribution in [0.3, 0.4) is 0 Å². The van der Waals surface area contributed by atoms with E-state index in [0.717, 1.165) is 27.8 Å². The van der Waals surface area contributed by atoms with Gasteiger partial charge in [0.1, 0.15) is 17.8 Å². The quantitative estimate of drug-likeness (QED) is 0.146. The van der Waals surface area contributed by atoms with E-state index < -0.39 is 30.2 Å². The first-order valence-electron chi connectivity index (χ1n) is 16.8. The summed E-state index contributed by atoms with van der Waals surface area (Å²) < 4.78 is 12.7. The number of carbonyl (C=O) groups excluding carboxylic acids is 2. The summed E-state index contributed by atoms with van der Waals surface area (Å²) in [4.78, 5) is 39.5. The van der Waals surface area contributed by atoms with Crippen LogP contribution in [0.4, 0.5) is 15.3 Å². The third-order valence-corrected chi connectivity index (χ3v) is 8.90. The van der Waals surface area contributed by atoms with Gasteiger partial charge in [0.2, 0.25) is 5.91 Å². The van der Waals surface area contributed by atoms with Gasteiger partial charge in [-0.05, 0) is 46.7 Å². The summed E-state index contributed by atoms with van der Waals surface area (Å²) in [6.07, 6.45) is 0.910. The lowest BCUT2D eigenvalue weighted by molar-refractivity contribution is -0.118. The number of carbonyl (C=O) groups is 3. The van der Waals surface area contributed by atoms with Gasteiger partial charge in [-0.2, -0.15) is 0 Å². The molecule has 3 amide bonds. The molecule has 6 rings (SSSR count). The number of carboxylic acid groups (broad SMARTS) is 1. The largest absolute Gasteiger partial charge is 0.465 e. The number of alkyl carbamates (subject to hydrolysis) is 1. The van der Waals surface area contributed by atoms with Crippen LogP contribution in [0.1, 0.15) is 34.8 Å². The Morgan fingerprint density at radius 2 is 1.59 bits per heavy atom. The number of rotatable bonds is 12. The Morgan fingerprint density at radius 1 is 0.902 bits per heavy atom. The fraction of sp³-hybridized carbons (Fsp3) is 0.256. The van der Waals surface area contributed by atoms with Gasteiger partial charge in [-0.3, -0.25) is 9.69 Å². The molecule has 4 aromatic carbocycles. The van der Waals surface area contributed by atoms with Gasteiger partial charge in [-0.25, -0.2) is 14.3 Å². The number of hydrogen-bond donors (Lipinski definition) is 3. The molecule has 262 valence electrons. The molecule has 1 aliphatic heterocycles. The third kappa shape index (κ3) is 9.17. The Bertz CT molecular complexity index is 1920. The number of aryl methyl sites for hydroxylation is 1. The Hall–Kier alpha value is -6.01. The highest BCUT2D eigenvalue weighted by Crippen LogP contribution is 2.28. The molecule has 0 bridgehead atoms. The van der Waals surface area contributed by atoms with E-state index in [1.54, 1.807) is 16.9 Å². The van der Waals surface area contributed by atoms with E-state index in [4.69, 9.17) is 9.47 Å². The molecule has 0 spiro atoms. The molecule has 5 aromatic rings. The Balaban J connectivity index is 1.08. The predicted octanol–water partition coefficient (Wildman–Crippen LogP) is 5.95. The van der Waals surface area contributed by atoms with Crippen molar-refractivity contribution in [2.24, 2.45) is 0 Å². The third-order valence-electron chi connectivity index (χ3n) is 8.90. The zero-order valence-corrected chi connectivity index (χ0v) is 28.2. The molecule has 3 atom stereocenters. The Morgan fingerprint density at radius 3 is 2.31 bits per heavy atom. The van der Waals surface area contributed by atoms with Crippen molar-refractivity contribution in [2.75, 3.05) is 25.6 Å². The highest BCUT2D eigenvalue weighted by Gasteiger charge is 2.35. The number of nitrogens with zero attached hydrogens (tertiary/aromatic N) is 4. The van der Waals surface area contributed by atoms with E-state index in [9.17, 15) is 19.5 Å². The maximum absolute atomic E-state index is 13.6. The predicted molar refractivity (Wildman–Crippen MR) is 191 cm³/mol. The SMILES string of the molecule is COC(=O)N[C@@H](Cc1ccc(-c2ccccc2)cc1)C(=O)Nc1ccccc1CC[C@@H]1CN(C(=O)O)[C@H](c2cn(Cc3ccccc3)nn2)CO1. The van der Waals surface area contributed by atoms with E-state index in [-0.39, 0.29) is 25.7 Å². The number of para-hydroxylation sites is 1. The van der Waals surface area contributed by atoms with Gasteiger partial charge in [-0.1, -0.05) is 108 Å². The number of anilines is 1. The molecule has 1 fully saturated rings. The maximum atomic E-state index is 13.6. The number of amides is 3. The first-order valence-corrected chi connectivity index (χ1v) is 16.8. The standard InChI is InChI=1S/C39H40N6O6/c1-50-38(47)41-34(22-27-16-18-30(19-17-27)29-12-6-3-7-13-29)37(46)40-33-15-9-8-14-31(33)20-21-32-24-45(39(48)49)36(26-51-32)35-25-44(43-42-35)23-28-10-4-2-5-11-28/h2-19,25,32,34,36H,20-24,26H2,1H3,(H,40,46)(H,41,47)(H,48,49)/t32-,34+,36+/m1/s1. The highest BCUT2D eigenvalue weighted by atomic mass is 16.5. The molecule has 2 heterocycles. The molecule has 12 heteroatoms. The average Bonchev–Trinajstić information content (AvgIpc) is 3.63. The van der Waals surface area contributed by atoms with Crippen molar-refractivity contribution in [3.05, 3.63) is 138 Å². The summed E-state index contributed by atoms with van der Waals surface area (Å²) in [6, 6.07) is 33.6. The summed E-state index contributed by atoms with van der Waals surface area (Å²) in [5.41, 5.74) is 6.04. The van der Waals surface area contributed by atoms with Gasteiger partial charge in [-0.15, -0.1) is 5.10 Å². The van der Waals surface area contributed by atoms with E-state index in [2.05, 4.69) is 20.9 Å². The van der Waals surface area contributed by atoms with Crippen LogP contribution in [0, 0.1) is 0 Å². The van der Waals surface area contributed by atoms with E-state index >= 15 is 0 Å². The van der Waals surface area contributed by atoms with Crippen molar-refractivity contribution >= 4 is 23.8 Å². The summed E-state index contributed by atoms with van der Waals surface area (Å²) in [7, 11) is 1.25. The van der Waals surface area contributed by atoms with Gasteiger partial charge < -0.3 is 25.2 Å². The molecular formula is C39H40N6O6. The van der Waals surface area contributed by atoms with Gasteiger partial charge in [0.25, 0.3) is 0 Å². The first-order chi connectivity index (χ1) is 24.9. The van der Waals surface area contributed by atoms with Crippen LogP contribution in [-0.2, 0) is 33.7 Å². The van der Waals surface area contributed by atoms with E-state index in [0.29, 0.717) is 30.8 Å². The van der Waals surface area contributed by atoms with E-state index in [1.807, 2.05) is 103 Å². The molecule has 0 unspecified atom stereocenters. The zero-order valence-electron chi connectivity index (χ0n) is 28.2. The minimum atomic E-state index is -1.06. The molecule has 12 nitrogen and oxygen atoms in total. The van der Waals surface area contributed by atoms with Crippen molar-refractivity contribution in [1.29, 1.82) is 0 Å². The molecule has 51 heavy (non-hydrogen) atoms. The first kappa shape index (κ1) is 34.8. The van der Waals surface area contributed by atoms with Crippen LogP contribution in [0.5, 0.6) is 0 Å². The number of methoxy groups -OCH3 is 1. The summed E-state index contributed by atoms with van der Waals surface area (Å²) in [5, 5.41) is 24.2. The van der Waals surface area contributed by atoms with Crippen molar-refractivity contribution in [3.63, 3.8) is 0 Å². The summed E-state index contributed by atoms with van der Waals surface area (Å²) in [5.74, 6) is -0.394. The number of morpholine rings is 1. The maximum Gasteiger partial charge on any atom is 0.408 e. The lowest BCUT2D eigenvalue weighted by atomic mass is 10.00. The second-order valence-electron chi connectivity index (χ2n) is 12.4. The van der Waals surface area contributed by atoms with E-state index in [1.165, 1.54) is 12.0 Å². The molecule has 0 aliphatic carbocycles. The smallest absolute Gasteiger partial charge is 0.408 e. The molecular weight excluding hydrogens is 648 g/mol. The minimum Gasteiger partial charge on any atom is -0.465 e. The second kappa shape index (κ2) is 16.6. The normalized spacial score (nSPS) is 16.2. The Kier molecular flexibility index (Phi) is 11.3. The fourth-order valence-electron chi connectivity index (χ4n) is 6.17. The summed E-state index contributed by atoms with van der Waals surface area (Å²) in [6.45, 7) is 0.829. The number of hydrogen-bond acceptors (Lipinski definition) is 7. The van der Waals surface area contributed by atoms with Crippen LogP contribution >= 0.6 is 0 Å². The van der Waals surface area contributed by atoms with Crippen molar-refractivity contribution in [1.82, 2.24) is 25.2 Å². The van der Waals surface area contributed by atoms with Crippen LogP contribution in [0.15, 0.2) is 115 Å². The zero-order chi connectivity index (χ0) is 35.6. The monoisotopic (exact) mass is 688 g/mol. The Labute approximate surface area is 296 Å². The van der Waals surface area contributed by atoms with Crippen LogP contribution in [-0.4, -0.2) is 75.5 Å². The van der Waals surface area contributed by atoms with Crippen LogP contribution in [0.25, 0.3) is 11.1 Å². The number of benzene rings is 4. The van der Waals surface area contributed by atoms with Gasteiger partial charge >= 0.3 is 12.2 Å². The van der Waals surface area contributed by atoms with Gasteiger partial charge in [0, 0.05) is 12.1 Å². The fourth-order valence-corrected chi connectivity index (χ4v) is 6.17. The topological polar surface area (TPSA) is 148 Å². The van der Waals surface area contributed by atoms with Crippen molar-refractivity contribution in [2.45, 2.75) is 44.0 Å². The minimum absolute atomic E-state index is 0.145.